The Morgan fingerprint density at radius 3 is 2.22 bits per heavy atom. The van der Waals surface area contributed by atoms with Crippen LogP contribution in [0.3, 0.4) is 0 Å². The zero-order valence-electron chi connectivity index (χ0n) is 12.0. The summed E-state index contributed by atoms with van der Waals surface area (Å²) in [5, 5.41) is 0. The number of ether oxygens (including phenoxy) is 2. The number of carbonyl (C=O) groups excluding carboxylic acids is 2. The van der Waals surface area contributed by atoms with Gasteiger partial charge in [-0.2, -0.15) is 0 Å². The van der Waals surface area contributed by atoms with Gasteiger partial charge in [0.15, 0.2) is 0 Å². The average Bonchev–Trinajstić information content (AvgIpc) is 2.19. The Morgan fingerprint density at radius 1 is 1.17 bits per heavy atom. The van der Waals surface area contributed by atoms with Crippen LogP contribution in [-0.2, 0) is 19.1 Å². The van der Waals surface area contributed by atoms with E-state index < -0.39 is 0 Å². The summed E-state index contributed by atoms with van der Waals surface area (Å²) in [5.41, 5.74) is -0.107. The van der Waals surface area contributed by atoms with Crippen LogP contribution in [0.5, 0.6) is 0 Å². The SMILES string of the molecule is CC(=O)OCC1(C)CCC(OC(C)=O)C(C)(C)C1. The molecule has 0 saturated heterocycles. The lowest BCUT2D eigenvalue weighted by Gasteiger charge is -2.46. The van der Waals surface area contributed by atoms with Crippen LogP contribution in [0.2, 0.25) is 0 Å². The van der Waals surface area contributed by atoms with Crippen molar-refractivity contribution in [3.63, 3.8) is 0 Å². The van der Waals surface area contributed by atoms with Gasteiger partial charge in [-0.1, -0.05) is 20.8 Å². The van der Waals surface area contributed by atoms with Crippen LogP contribution in [0.25, 0.3) is 0 Å². The van der Waals surface area contributed by atoms with E-state index >= 15 is 0 Å². The second-order valence-electron chi connectivity index (χ2n) is 6.39. The lowest BCUT2D eigenvalue weighted by molar-refractivity contribution is -0.162. The molecule has 1 rings (SSSR count). The van der Waals surface area contributed by atoms with E-state index in [1.807, 2.05) is 0 Å². The number of rotatable bonds is 3. The van der Waals surface area contributed by atoms with E-state index in [0.717, 1.165) is 19.3 Å². The summed E-state index contributed by atoms with van der Waals surface area (Å²) < 4.78 is 10.5. The van der Waals surface area contributed by atoms with E-state index in [0.29, 0.717) is 6.61 Å². The first-order valence-corrected chi connectivity index (χ1v) is 6.45. The van der Waals surface area contributed by atoms with Crippen molar-refractivity contribution in [1.29, 1.82) is 0 Å². The largest absolute Gasteiger partial charge is 0.465 e. The molecule has 0 bridgehead atoms. The van der Waals surface area contributed by atoms with Crippen molar-refractivity contribution in [3.05, 3.63) is 0 Å². The first-order chi connectivity index (χ1) is 8.15. The predicted molar refractivity (Wildman–Crippen MR) is 67.9 cm³/mol. The fourth-order valence-corrected chi connectivity index (χ4v) is 2.99. The summed E-state index contributed by atoms with van der Waals surface area (Å²) in [6, 6.07) is 0. The molecule has 0 aromatic rings. The van der Waals surface area contributed by atoms with Crippen LogP contribution in [0.4, 0.5) is 0 Å². The van der Waals surface area contributed by atoms with Gasteiger partial charge in [-0.05, 0) is 19.3 Å². The Bertz CT molecular complexity index is 332. The summed E-state index contributed by atoms with van der Waals surface area (Å²) in [4.78, 5) is 22.0. The molecule has 0 aromatic carbocycles. The van der Waals surface area contributed by atoms with Gasteiger partial charge in [0.05, 0.1) is 6.61 Å². The topological polar surface area (TPSA) is 52.6 Å². The second-order valence-corrected chi connectivity index (χ2v) is 6.39. The third-order valence-electron chi connectivity index (χ3n) is 3.70. The molecular formula is C14H24O4. The monoisotopic (exact) mass is 256 g/mol. The highest BCUT2D eigenvalue weighted by Gasteiger charge is 2.44. The van der Waals surface area contributed by atoms with Crippen molar-refractivity contribution in [2.24, 2.45) is 10.8 Å². The van der Waals surface area contributed by atoms with E-state index in [2.05, 4.69) is 20.8 Å². The van der Waals surface area contributed by atoms with Crippen molar-refractivity contribution < 1.29 is 19.1 Å². The number of carbonyl (C=O) groups is 2. The number of hydrogen-bond acceptors (Lipinski definition) is 4. The minimum absolute atomic E-state index is 0.0220. The van der Waals surface area contributed by atoms with Crippen LogP contribution in [0.1, 0.15) is 53.9 Å². The van der Waals surface area contributed by atoms with Crippen LogP contribution < -0.4 is 0 Å². The average molecular weight is 256 g/mol. The minimum atomic E-state index is -0.240. The maximum atomic E-state index is 11.1. The van der Waals surface area contributed by atoms with E-state index in [-0.39, 0.29) is 28.9 Å². The molecular weight excluding hydrogens is 232 g/mol. The second kappa shape index (κ2) is 5.29. The molecule has 1 aliphatic carbocycles. The molecule has 104 valence electrons. The molecule has 4 nitrogen and oxygen atoms in total. The van der Waals surface area contributed by atoms with Gasteiger partial charge in [0.2, 0.25) is 0 Å². The van der Waals surface area contributed by atoms with Crippen molar-refractivity contribution in [3.8, 4) is 0 Å². The van der Waals surface area contributed by atoms with Gasteiger partial charge in [0.25, 0.3) is 0 Å². The third kappa shape index (κ3) is 4.00. The quantitative estimate of drug-likeness (QED) is 0.728. The van der Waals surface area contributed by atoms with E-state index in [9.17, 15) is 9.59 Å². The first kappa shape index (κ1) is 15.0. The maximum Gasteiger partial charge on any atom is 0.302 e. The molecule has 2 atom stereocenters. The Morgan fingerprint density at radius 2 is 1.78 bits per heavy atom. The van der Waals surface area contributed by atoms with Crippen LogP contribution in [0.15, 0.2) is 0 Å². The summed E-state index contributed by atoms with van der Waals surface area (Å²) in [6.07, 6.45) is 2.57. The van der Waals surface area contributed by atoms with Gasteiger partial charge in [0.1, 0.15) is 6.10 Å². The van der Waals surface area contributed by atoms with Crippen LogP contribution >= 0.6 is 0 Å². The number of hydrogen-bond donors (Lipinski definition) is 0. The van der Waals surface area contributed by atoms with Crippen molar-refractivity contribution in [2.75, 3.05) is 6.61 Å². The van der Waals surface area contributed by atoms with Gasteiger partial charge >= 0.3 is 11.9 Å². The third-order valence-corrected chi connectivity index (χ3v) is 3.70. The lowest BCUT2D eigenvalue weighted by atomic mass is 9.63. The van der Waals surface area contributed by atoms with Gasteiger partial charge < -0.3 is 9.47 Å². The van der Waals surface area contributed by atoms with E-state index in [1.165, 1.54) is 13.8 Å². The zero-order valence-corrected chi connectivity index (χ0v) is 12.0. The van der Waals surface area contributed by atoms with Crippen LogP contribution in [-0.4, -0.2) is 24.6 Å². The smallest absolute Gasteiger partial charge is 0.302 e. The summed E-state index contributed by atoms with van der Waals surface area (Å²) >= 11 is 0. The van der Waals surface area contributed by atoms with Crippen molar-refractivity contribution in [2.45, 2.75) is 60.0 Å². The molecule has 0 spiro atoms. The van der Waals surface area contributed by atoms with Gasteiger partial charge in [-0.25, -0.2) is 0 Å². The summed E-state index contributed by atoms with van der Waals surface area (Å²) in [6.45, 7) is 9.65. The van der Waals surface area contributed by atoms with Gasteiger partial charge in [-0.15, -0.1) is 0 Å². The molecule has 0 N–H and O–H groups in total. The van der Waals surface area contributed by atoms with E-state index in [1.54, 1.807) is 0 Å². The molecule has 0 aliphatic heterocycles. The molecule has 1 saturated carbocycles. The summed E-state index contributed by atoms with van der Waals surface area (Å²) in [5.74, 6) is -0.465. The zero-order chi connectivity index (χ0) is 14.0. The predicted octanol–water partition coefficient (Wildman–Crippen LogP) is 2.70. The van der Waals surface area contributed by atoms with Crippen molar-refractivity contribution >= 4 is 11.9 Å². The minimum Gasteiger partial charge on any atom is -0.465 e. The van der Waals surface area contributed by atoms with Gasteiger partial charge in [0, 0.05) is 24.7 Å². The highest BCUT2D eigenvalue weighted by Crippen LogP contribution is 2.47. The highest BCUT2D eigenvalue weighted by atomic mass is 16.5. The Labute approximate surface area is 109 Å². The molecule has 1 aliphatic rings. The fraction of sp³-hybridized carbons (Fsp3) is 0.857. The molecule has 2 unspecified atom stereocenters. The standard InChI is InChI=1S/C14H24O4/c1-10(15)17-9-14(5)7-6-12(18-11(2)16)13(3,4)8-14/h12H,6-9H2,1-5H3. The lowest BCUT2D eigenvalue weighted by Crippen LogP contribution is -2.45. The van der Waals surface area contributed by atoms with E-state index in [4.69, 9.17) is 9.47 Å². The molecule has 0 radical (unpaired) electrons. The molecule has 1 fully saturated rings. The fourth-order valence-electron chi connectivity index (χ4n) is 2.99. The Hall–Kier alpha value is -1.06. The maximum absolute atomic E-state index is 11.1. The Kier molecular flexibility index (Phi) is 4.41. The first-order valence-electron chi connectivity index (χ1n) is 6.45. The molecule has 0 aromatic heterocycles. The normalized spacial score (nSPS) is 30.6. The molecule has 0 amide bonds. The highest BCUT2D eigenvalue weighted by molar-refractivity contribution is 5.66. The molecule has 4 heteroatoms. The van der Waals surface area contributed by atoms with Crippen LogP contribution in [0, 0.1) is 10.8 Å². The molecule has 0 heterocycles. The molecule has 18 heavy (non-hydrogen) atoms. The Balaban J connectivity index is 2.65. The van der Waals surface area contributed by atoms with Crippen molar-refractivity contribution in [1.82, 2.24) is 0 Å². The number of esters is 2. The van der Waals surface area contributed by atoms with Gasteiger partial charge in [-0.3, -0.25) is 9.59 Å². The summed E-state index contributed by atoms with van der Waals surface area (Å²) in [7, 11) is 0.